The summed E-state index contributed by atoms with van der Waals surface area (Å²) in [6, 6.07) is 4.74. The molecule has 5 heteroatoms. The monoisotopic (exact) mass is 278 g/mol. The largest absolute Gasteiger partial charge is 0.493 e. The van der Waals surface area contributed by atoms with Gasteiger partial charge in [0.25, 0.3) is 0 Å². The summed E-state index contributed by atoms with van der Waals surface area (Å²) in [6.45, 7) is 6.64. The molecule has 1 saturated heterocycles. The van der Waals surface area contributed by atoms with Gasteiger partial charge in [-0.15, -0.1) is 0 Å². The summed E-state index contributed by atoms with van der Waals surface area (Å²) in [6.07, 6.45) is 1.22. The molecular formula is C15H22N2O3. The smallest absolute Gasteiger partial charge is 0.231 e. The highest BCUT2D eigenvalue weighted by Crippen LogP contribution is 2.42. The van der Waals surface area contributed by atoms with Crippen LogP contribution in [0, 0.1) is 0 Å². The third-order valence-electron chi connectivity index (χ3n) is 4.06. The minimum absolute atomic E-state index is 0.277. The molecule has 20 heavy (non-hydrogen) atoms. The Balaban J connectivity index is 1.79. The molecule has 1 unspecified atom stereocenters. The minimum atomic E-state index is 0.277. The van der Waals surface area contributed by atoms with Gasteiger partial charge in [0.1, 0.15) is 0 Å². The van der Waals surface area contributed by atoms with E-state index in [4.69, 9.17) is 14.2 Å². The van der Waals surface area contributed by atoms with Gasteiger partial charge < -0.3 is 19.5 Å². The lowest BCUT2D eigenvalue weighted by Gasteiger charge is -2.27. The van der Waals surface area contributed by atoms with E-state index in [2.05, 4.69) is 29.3 Å². The topological polar surface area (TPSA) is 43.0 Å². The molecule has 110 valence electrons. The number of hydrogen-bond acceptors (Lipinski definition) is 5. The molecule has 5 nitrogen and oxygen atoms in total. The van der Waals surface area contributed by atoms with E-state index < -0.39 is 0 Å². The number of hydrogen-bond donors (Lipinski definition) is 1. The van der Waals surface area contributed by atoms with Gasteiger partial charge in [-0.05, 0) is 37.2 Å². The first-order valence-corrected chi connectivity index (χ1v) is 7.23. The van der Waals surface area contributed by atoms with Crippen molar-refractivity contribution < 1.29 is 14.2 Å². The van der Waals surface area contributed by atoms with Crippen LogP contribution >= 0.6 is 0 Å². The van der Waals surface area contributed by atoms with Gasteiger partial charge in [-0.25, -0.2) is 0 Å². The Kier molecular flexibility index (Phi) is 3.98. The highest BCUT2D eigenvalue weighted by Gasteiger charge is 2.24. The number of nitrogens with one attached hydrogen (secondary N) is 1. The van der Waals surface area contributed by atoms with E-state index in [1.165, 1.54) is 12.0 Å². The number of rotatable bonds is 5. The fourth-order valence-electron chi connectivity index (χ4n) is 2.96. The van der Waals surface area contributed by atoms with Crippen LogP contribution in [0.25, 0.3) is 0 Å². The zero-order valence-corrected chi connectivity index (χ0v) is 12.1. The van der Waals surface area contributed by atoms with Crippen molar-refractivity contribution >= 4 is 0 Å². The van der Waals surface area contributed by atoms with E-state index in [0.29, 0.717) is 6.04 Å². The molecule has 0 amide bonds. The fourth-order valence-corrected chi connectivity index (χ4v) is 2.96. The molecule has 2 heterocycles. The second-order valence-electron chi connectivity index (χ2n) is 5.24. The van der Waals surface area contributed by atoms with Gasteiger partial charge in [-0.3, -0.25) is 4.90 Å². The molecule has 0 saturated carbocycles. The third kappa shape index (κ3) is 2.55. The van der Waals surface area contributed by atoms with Crippen molar-refractivity contribution in [3.8, 4) is 17.2 Å². The highest BCUT2D eigenvalue weighted by atomic mass is 16.7. The summed E-state index contributed by atoms with van der Waals surface area (Å²) in [5.74, 6) is 2.28. The molecule has 0 bridgehead atoms. The molecule has 2 aliphatic rings. The average molecular weight is 278 g/mol. The molecular weight excluding hydrogens is 256 g/mol. The van der Waals surface area contributed by atoms with Crippen LogP contribution in [0.1, 0.15) is 18.9 Å². The summed E-state index contributed by atoms with van der Waals surface area (Å²) in [5, 5.41) is 3.43. The maximum absolute atomic E-state index is 5.49. The second kappa shape index (κ2) is 5.89. The SMILES string of the molecule is CCN(Cc1cc(OC)c2c(c1)OCO2)C1CCNC1. The van der Waals surface area contributed by atoms with E-state index in [-0.39, 0.29) is 6.79 Å². The number of benzene rings is 1. The van der Waals surface area contributed by atoms with E-state index in [9.17, 15) is 0 Å². The molecule has 0 spiro atoms. The van der Waals surface area contributed by atoms with Crippen LogP contribution in [0.3, 0.4) is 0 Å². The van der Waals surface area contributed by atoms with Crippen LogP contribution < -0.4 is 19.5 Å². The van der Waals surface area contributed by atoms with Gasteiger partial charge in [0.15, 0.2) is 11.5 Å². The lowest BCUT2D eigenvalue weighted by Crippen LogP contribution is -2.36. The van der Waals surface area contributed by atoms with Gasteiger partial charge >= 0.3 is 0 Å². The predicted molar refractivity (Wildman–Crippen MR) is 76.5 cm³/mol. The molecule has 3 rings (SSSR count). The Bertz CT molecular complexity index is 472. The Morgan fingerprint density at radius 1 is 1.40 bits per heavy atom. The van der Waals surface area contributed by atoms with Gasteiger partial charge in [0.05, 0.1) is 7.11 Å². The van der Waals surface area contributed by atoms with E-state index in [0.717, 1.165) is 43.4 Å². The van der Waals surface area contributed by atoms with E-state index in [1.807, 2.05) is 0 Å². The Morgan fingerprint density at radius 3 is 3.00 bits per heavy atom. The van der Waals surface area contributed by atoms with Crippen LogP contribution in [-0.4, -0.2) is 44.5 Å². The Hall–Kier alpha value is -1.46. The summed E-state index contributed by atoms with van der Waals surface area (Å²) < 4.78 is 16.3. The van der Waals surface area contributed by atoms with Crippen molar-refractivity contribution in [1.82, 2.24) is 10.2 Å². The summed E-state index contributed by atoms with van der Waals surface area (Å²) >= 11 is 0. The lowest BCUT2D eigenvalue weighted by molar-refractivity contribution is 0.171. The second-order valence-corrected chi connectivity index (χ2v) is 5.24. The van der Waals surface area contributed by atoms with Crippen LogP contribution in [0.4, 0.5) is 0 Å². The normalized spacial score (nSPS) is 20.6. The van der Waals surface area contributed by atoms with Crippen molar-refractivity contribution in [1.29, 1.82) is 0 Å². The average Bonchev–Trinajstić information content (AvgIpc) is 3.14. The number of nitrogens with zero attached hydrogens (tertiary/aromatic N) is 1. The first-order chi connectivity index (χ1) is 9.81. The summed E-state index contributed by atoms with van der Waals surface area (Å²) in [7, 11) is 1.67. The van der Waals surface area contributed by atoms with Crippen molar-refractivity contribution in [2.75, 3.05) is 33.5 Å². The maximum atomic E-state index is 5.49. The van der Waals surface area contributed by atoms with Crippen LogP contribution in [0.5, 0.6) is 17.2 Å². The Morgan fingerprint density at radius 2 is 2.30 bits per heavy atom. The standard InChI is InChI=1S/C15H22N2O3/c1-3-17(12-4-5-16-8-12)9-11-6-13(18-2)15-14(7-11)19-10-20-15/h6-7,12,16H,3-5,8-10H2,1-2H3. The zero-order valence-electron chi connectivity index (χ0n) is 12.1. The molecule has 0 radical (unpaired) electrons. The first-order valence-electron chi connectivity index (χ1n) is 7.23. The third-order valence-corrected chi connectivity index (χ3v) is 4.06. The van der Waals surface area contributed by atoms with Gasteiger partial charge in [-0.1, -0.05) is 6.92 Å². The quantitative estimate of drug-likeness (QED) is 0.886. The fraction of sp³-hybridized carbons (Fsp3) is 0.600. The van der Waals surface area contributed by atoms with Crippen molar-refractivity contribution in [3.05, 3.63) is 17.7 Å². The number of ether oxygens (including phenoxy) is 3. The van der Waals surface area contributed by atoms with Crippen molar-refractivity contribution in [2.24, 2.45) is 0 Å². The van der Waals surface area contributed by atoms with Crippen LogP contribution in [0.15, 0.2) is 12.1 Å². The molecule has 1 aromatic carbocycles. The predicted octanol–water partition coefficient (Wildman–Crippen LogP) is 1.61. The molecule has 1 N–H and O–H groups in total. The minimum Gasteiger partial charge on any atom is -0.493 e. The number of methoxy groups -OCH3 is 1. The molecule has 0 aliphatic carbocycles. The maximum Gasteiger partial charge on any atom is 0.231 e. The number of likely N-dealkylation sites (N-methyl/N-ethyl adjacent to an activating group) is 1. The molecule has 2 aliphatic heterocycles. The van der Waals surface area contributed by atoms with Crippen LogP contribution in [0.2, 0.25) is 0 Å². The number of fused-ring (bicyclic) bond motifs is 1. The van der Waals surface area contributed by atoms with Crippen molar-refractivity contribution in [3.63, 3.8) is 0 Å². The zero-order chi connectivity index (χ0) is 13.9. The molecule has 0 aromatic heterocycles. The summed E-state index contributed by atoms with van der Waals surface area (Å²) in [4.78, 5) is 2.50. The highest BCUT2D eigenvalue weighted by molar-refractivity contribution is 5.55. The lowest BCUT2D eigenvalue weighted by atomic mass is 10.1. The Labute approximate surface area is 119 Å². The first kappa shape index (κ1) is 13.5. The summed E-state index contributed by atoms with van der Waals surface area (Å²) in [5.41, 5.74) is 1.21. The molecule has 1 fully saturated rings. The van der Waals surface area contributed by atoms with E-state index >= 15 is 0 Å². The van der Waals surface area contributed by atoms with Crippen molar-refractivity contribution in [2.45, 2.75) is 25.9 Å². The van der Waals surface area contributed by atoms with Gasteiger partial charge in [0, 0.05) is 19.1 Å². The molecule has 1 atom stereocenters. The van der Waals surface area contributed by atoms with Gasteiger partial charge in [-0.2, -0.15) is 0 Å². The van der Waals surface area contributed by atoms with Crippen LogP contribution in [-0.2, 0) is 6.54 Å². The van der Waals surface area contributed by atoms with Gasteiger partial charge in [0.2, 0.25) is 12.5 Å². The molecule has 1 aromatic rings. The van der Waals surface area contributed by atoms with E-state index in [1.54, 1.807) is 7.11 Å².